The lowest BCUT2D eigenvalue weighted by molar-refractivity contribution is 0.135. The first-order chi connectivity index (χ1) is 16.0. The van der Waals surface area contributed by atoms with Gasteiger partial charge >= 0.3 is 0 Å². The average molecular weight is 481 g/mol. The minimum absolute atomic E-state index is 0.204. The van der Waals surface area contributed by atoms with Crippen LogP contribution in [-0.2, 0) is 18.0 Å². The molecular formula is C23H18ClFN6OS. The summed E-state index contributed by atoms with van der Waals surface area (Å²) < 4.78 is 20.6. The Hall–Kier alpha value is -3.06. The van der Waals surface area contributed by atoms with Gasteiger partial charge < -0.3 is 15.4 Å². The van der Waals surface area contributed by atoms with Crippen LogP contribution in [0.1, 0.15) is 30.0 Å². The molecule has 2 aliphatic heterocycles. The Labute approximate surface area is 197 Å². The molecule has 1 aromatic carbocycles. The molecule has 0 aliphatic carbocycles. The normalized spacial score (nSPS) is 17.8. The van der Waals surface area contributed by atoms with Gasteiger partial charge in [-0.1, -0.05) is 18.5 Å². The lowest BCUT2D eigenvalue weighted by Gasteiger charge is -2.18. The van der Waals surface area contributed by atoms with Crippen molar-refractivity contribution in [3.05, 3.63) is 39.9 Å². The number of hydrogen-bond acceptors (Lipinski definition) is 8. The molecule has 0 spiro atoms. The number of rotatable bonds is 2. The highest BCUT2D eigenvalue weighted by atomic mass is 35.5. The number of ether oxygens (including phenoxy) is 1. The molecule has 3 aromatic heterocycles. The molecule has 0 saturated carbocycles. The molecule has 166 valence electrons. The van der Waals surface area contributed by atoms with Gasteiger partial charge in [0.25, 0.3) is 0 Å². The monoisotopic (exact) mass is 480 g/mol. The first-order valence-electron chi connectivity index (χ1n) is 10.6. The van der Waals surface area contributed by atoms with Gasteiger partial charge in [0.2, 0.25) is 5.95 Å². The average Bonchev–Trinajstić information content (AvgIpc) is 3.53. The first kappa shape index (κ1) is 20.5. The van der Waals surface area contributed by atoms with E-state index < -0.39 is 5.82 Å². The van der Waals surface area contributed by atoms with Gasteiger partial charge in [0.05, 0.1) is 45.9 Å². The van der Waals surface area contributed by atoms with Gasteiger partial charge in [0.15, 0.2) is 5.82 Å². The van der Waals surface area contributed by atoms with E-state index in [1.165, 1.54) is 0 Å². The molecule has 1 unspecified atom stereocenters. The molecular weight excluding hydrogens is 463 g/mol. The van der Waals surface area contributed by atoms with E-state index in [2.05, 4.69) is 27.9 Å². The fraction of sp³-hybridized carbons (Fsp3) is 0.304. The summed E-state index contributed by atoms with van der Waals surface area (Å²) in [7, 11) is 0. The Morgan fingerprint density at radius 1 is 1.30 bits per heavy atom. The third-order valence-corrected chi connectivity index (χ3v) is 7.83. The Morgan fingerprint density at radius 2 is 2.12 bits per heavy atom. The summed E-state index contributed by atoms with van der Waals surface area (Å²) in [5, 5.41) is 11.6. The van der Waals surface area contributed by atoms with Crippen molar-refractivity contribution >= 4 is 54.9 Å². The van der Waals surface area contributed by atoms with E-state index in [1.807, 2.05) is 0 Å². The maximum absolute atomic E-state index is 14.6. The highest BCUT2D eigenvalue weighted by molar-refractivity contribution is 7.23. The molecule has 0 bridgehead atoms. The summed E-state index contributed by atoms with van der Waals surface area (Å²) in [5.41, 5.74) is 9.66. The zero-order valence-electron chi connectivity index (χ0n) is 17.7. The van der Waals surface area contributed by atoms with Crippen LogP contribution in [-0.4, -0.2) is 28.0 Å². The lowest BCUT2D eigenvalue weighted by Crippen LogP contribution is -2.21. The van der Waals surface area contributed by atoms with E-state index in [-0.39, 0.29) is 15.3 Å². The van der Waals surface area contributed by atoms with Crippen molar-refractivity contribution in [2.45, 2.75) is 26.6 Å². The second-order valence-electron chi connectivity index (χ2n) is 8.52. The minimum atomic E-state index is -0.524. The molecule has 7 nitrogen and oxygen atoms in total. The van der Waals surface area contributed by atoms with Crippen molar-refractivity contribution in [2.24, 2.45) is 5.92 Å². The van der Waals surface area contributed by atoms with Gasteiger partial charge in [-0.3, -0.25) is 4.98 Å². The predicted octanol–water partition coefficient (Wildman–Crippen LogP) is 5.03. The van der Waals surface area contributed by atoms with E-state index in [1.54, 1.807) is 6.20 Å². The van der Waals surface area contributed by atoms with Crippen LogP contribution >= 0.6 is 22.9 Å². The summed E-state index contributed by atoms with van der Waals surface area (Å²) in [6.45, 7) is 4.71. The number of thiophene rings is 1. The van der Waals surface area contributed by atoms with Gasteiger partial charge in [0, 0.05) is 35.6 Å². The topological polar surface area (TPSA) is 101 Å². The molecule has 0 radical (unpaired) electrons. The van der Waals surface area contributed by atoms with Gasteiger partial charge in [0.1, 0.15) is 11.1 Å². The van der Waals surface area contributed by atoms with Crippen molar-refractivity contribution in [2.75, 3.05) is 23.7 Å². The Bertz CT molecular complexity index is 1510. The van der Waals surface area contributed by atoms with Crippen LogP contribution in [0.15, 0.2) is 12.4 Å². The maximum atomic E-state index is 14.6. The Balaban J connectivity index is 1.67. The summed E-state index contributed by atoms with van der Waals surface area (Å²) in [6, 6.07) is 2.10. The van der Waals surface area contributed by atoms with Crippen LogP contribution in [0.25, 0.3) is 32.2 Å². The van der Waals surface area contributed by atoms with Crippen LogP contribution in [0.4, 0.5) is 15.3 Å². The number of aromatic nitrogens is 3. The van der Waals surface area contributed by atoms with E-state index in [9.17, 15) is 9.65 Å². The molecule has 1 fully saturated rings. The zero-order valence-corrected chi connectivity index (χ0v) is 19.2. The molecule has 2 aliphatic rings. The van der Waals surface area contributed by atoms with Crippen molar-refractivity contribution in [1.82, 2.24) is 15.0 Å². The number of pyridine rings is 1. The van der Waals surface area contributed by atoms with Crippen molar-refractivity contribution < 1.29 is 9.13 Å². The summed E-state index contributed by atoms with van der Waals surface area (Å²) in [6.07, 6.45) is 4.04. The molecule has 33 heavy (non-hydrogen) atoms. The number of hydrogen-bond donors (Lipinski definition) is 1. The van der Waals surface area contributed by atoms with Gasteiger partial charge in [-0.25, -0.2) is 14.4 Å². The van der Waals surface area contributed by atoms with Crippen LogP contribution in [0.5, 0.6) is 0 Å². The number of nitrogen functional groups attached to an aromatic ring is 1. The molecule has 5 heterocycles. The fourth-order valence-electron chi connectivity index (χ4n) is 4.81. The van der Waals surface area contributed by atoms with Crippen LogP contribution < -0.4 is 10.6 Å². The van der Waals surface area contributed by atoms with E-state index in [0.717, 1.165) is 53.6 Å². The molecule has 2 N–H and O–H groups in total. The zero-order chi connectivity index (χ0) is 22.9. The summed E-state index contributed by atoms with van der Waals surface area (Å²) >= 11 is 8.04. The van der Waals surface area contributed by atoms with Crippen LogP contribution in [0.2, 0.25) is 5.02 Å². The third kappa shape index (κ3) is 2.98. The number of benzene rings is 1. The highest BCUT2D eigenvalue weighted by Gasteiger charge is 2.30. The number of nitriles is 1. The molecule has 6 rings (SSSR count). The van der Waals surface area contributed by atoms with Gasteiger partial charge in [-0.2, -0.15) is 5.26 Å². The quantitative estimate of drug-likeness (QED) is 0.429. The number of nitrogens with two attached hydrogens (primary N) is 1. The standard InChI is InChI=1S/C23H18ClFN6OS/c1-10-2-3-31(7-10)23-29-5-12-13-8-32-9-14(13)16(18(24)19(12)30-23)20-17-11(4-26)22(27)33-21(17)15(25)6-28-20/h5-6,10H,2-3,7-9,27H2,1H3. The number of anilines is 2. The summed E-state index contributed by atoms with van der Waals surface area (Å²) in [4.78, 5) is 16.0. The molecule has 1 saturated heterocycles. The van der Waals surface area contributed by atoms with E-state index in [0.29, 0.717) is 52.3 Å². The Morgan fingerprint density at radius 3 is 2.88 bits per heavy atom. The van der Waals surface area contributed by atoms with E-state index >= 15 is 0 Å². The van der Waals surface area contributed by atoms with Crippen molar-refractivity contribution in [1.29, 1.82) is 5.26 Å². The Kier molecular flexibility index (Phi) is 4.66. The number of fused-ring (bicyclic) bond motifs is 4. The lowest BCUT2D eigenvalue weighted by atomic mass is 9.94. The smallest absolute Gasteiger partial charge is 0.225 e. The minimum Gasteiger partial charge on any atom is -0.389 e. The van der Waals surface area contributed by atoms with Crippen molar-refractivity contribution in [3.63, 3.8) is 0 Å². The maximum Gasteiger partial charge on any atom is 0.225 e. The second-order valence-corrected chi connectivity index (χ2v) is 9.95. The van der Waals surface area contributed by atoms with Gasteiger partial charge in [-0.15, -0.1) is 11.3 Å². The SMILES string of the molecule is CC1CCN(c2ncc3c4c(c(-c5ncc(F)c6sc(N)c(C#N)c56)c(Cl)c3n2)COC4)C1. The van der Waals surface area contributed by atoms with Crippen molar-refractivity contribution in [3.8, 4) is 17.3 Å². The molecule has 10 heteroatoms. The first-order valence-corrected chi connectivity index (χ1v) is 11.8. The van der Waals surface area contributed by atoms with E-state index in [4.69, 9.17) is 27.1 Å². The second kappa shape index (κ2) is 7.48. The van der Waals surface area contributed by atoms with Gasteiger partial charge in [-0.05, 0) is 23.5 Å². The fourth-order valence-corrected chi connectivity index (χ4v) is 6.08. The number of halogens is 2. The largest absolute Gasteiger partial charge is 0.389 e. The molecule has 0 amide bonds. The predicted molar refractivity (Wildman–Crippen MR) is 127 cm³/mol. The third-order valence-electron chi connectivity index (χ3n) is 6.44. The number of nitrogens with zero attached hydrogens (tertiary/aromatic N) is 5. The molecule has 4 aromatic rings. The summed E-state index contributed by atoms with van der Waals surface area (Å²) in [5.74, 6) is 0.687. The molecule has 1 atom stereocenters. The van der Waals surface area contributed by atoms with Crippen LogP contribution in [0.3, 0.4) is 0 Å². The van der Waals surface area contributed by atoms with Crippen LogP contribution in [0, 0.1) is 23.1 Å². The highest BCUT2D eigenvalue weighted by Crippen LogP contribution is 2.47.